The van der Waals surface area contributed by atoms with Gasteiger partial charge in [0.15, 0.2) is 11.5 Å². The lowest BCUT2D eigenvalue weighted by Crippen LogP contribution is -2.26. The Morgan fingerprint density at radius 3 is 3.00 bits per heavy atom. The molecular formula is C14H15N3O3S. The van der Waals surface area contributed by atoms with Crippen LogP contribution >= 0.6 is 11.3 Å². The van der Waals surface area contributed by atoms with Crippen LogP contribution in [-0.4, -0.2) is 29.6 Å². The van der Waals surface area contributed by atoms with Gasteiger partial charge in [0.1, 0.15) is 10.7 Å². The zero-order valence-electron chi connectivity index (χ0n) is 11.5. The van der Waals surface area contributed by atoms with Gasteiger partial charge in [-0.25, -0.2) is 4.98 Å². The molecule has 0 radical (unpaired) electrons. The molecule has 0 bridgehead atoms. The van der Waals surface area contributed by atoms with Gasteiger partial charge in [-0.05, 0) is 17.7 Å². The summed E-state index contributed by atoms with van der Waals surface area (Å²) in [6.45, 7) is 1.07. The highest BCUT2D eigenvalue weighted by molar-refractivity contribution is 7.09. The van der Waals surface area contributed by atoms with Crippen molar-refractivity contribution in [2.75, 3.05) is 13.8 Å². The van der Waals surface area contributed by atoms with E-state index in [1.165, 1.54) is 11.3 Å². The number of amides is 1. The Morgan fingerprint density at radius 1 is 1.43 bits per heavy atom. The predicted molar refractivity (Wildman–Crippen MR) is 78.4 cm³/mol. The third kappa shape index (κ3) is 2.84. The molecule has 0 spiro atoms. The molecule has 0 aliphatic carbocycles. The quantitative estimate of drug-likeness (QED) is 0.928. The van der Waals surface area contributed by atoms with E-state index in [9.17, 15) is 4.79 Å². The van der Waals surface area contributed by atoms with E-state index in [0.717, 1.165) is 16.3 Å². The van der Waals surface area contributed by atoms with Crippen LogP contribution in [0.25, 0.3) is 0 Å². The van der Waals surface area contributed by atoms with Crippen LogP contribution in [0.4, 0.5) is 0 Å². The first-order valence-electron chi connectivity index (χ1n) is 6.46. The van der Waals surface area contributed by atoms with Crippen LogP contribution in [-0.2, 0) is 13.1 Å². The lowest BCUT2D eigenvalue weighted by Gasteiger charge is -2.16. The molecular weight excluding hydrogens is 290 g/mol. The van der Waals surface area contributed by atoms with Gasteiger partial charge >= 0.3 is 0 Å². The van der Waals surface area contributed by atoms with Gasteiger partial charge in [-0.2, -0.15) is 0 Å². The standard InChI is InChI=1S/C14H15N3O3S/c1-17(14(18)10-7-21-13(5-15)16-10)6-9-2-3-11-12(4-9)20-8-19-11/h2-4,7H,5-6,8,15H2,1H3. The summed E-state index contributed by atoms with van der Waals surface area (Å²) in [5.41, 5.74) is 6.92. The molecule has 1 aromatic carbocycles. The third-order valence-electron chi connectivity index (χ3n) is 3.15. The summed E-state index contributed by atoms with van der Waals surface area (Å²) >= 11 is 1.40. The van der Waals surface area contributed by atoms with Gasteiger partial charge < -0.3 is 20.1 Å². The zero-order chi connectivity index (χ0) is 14.8. The Hall–Kier alpha value is -2.12. The molecule has 0 saturated carbocycles. The minimum atomic E-state index is -0.122. The minimum absolute atomic E-state index is 0.122. The second kappa shape index (κ2) is 5.71. The van der Waals surface area contributed by atoms with Crippen molar-refractivity contribution in [2.24, 2.45) is 5.73 Å². The smallest absolute Gasteiger partial charge is 0.273 e. The van der Waals surface area contributed by atoms with Crippen molar-refractivity contribution in [1.82, 2.24) is 9.88 Å². The number of carbonyl (C=O) groups excluding carboxylic acids is 1. The second-order valence-corrected chi connectivity index (χ2v) is 5.62. The molecule has 21 heavy (non-hydrogen) atoms. The Morgan fingerprint density at radius 2 is 2.24 bits per heavy atom. The van der Waals surface area contributed by atoms with E-state index in [1.807, 2.05) is 18.2 Å². The van der Waals surface area contributed by atoms with Crippen molar-refractivity contribution in [3.63, 3.8) is 0 Å². The number of hydrogen-bond acceptors (Lipinski definition) is 6. The third-order valence-corrected chi connectivity index (χ3v) is 4.02. The Labute approximate surface area is 126 Å². The molecule has 0 fully saturated rings. The van der Waals surface area contributed by atoms with Crippen molar-refractivity contribution < 1.29 is 14.3 Å². The van der Waals surface area contributed by atoms with Gasteiger partial charge in [0.2, 0.25) is 6.79 Å². The Balaban J connectivity index is 1.70. The van der Waals surface area contributed by atoms with E-state index in [2.05, 4.69) is 4.98 Å². The fraction of sp³-hybridized carbons (Fsp3) is 0.286. The molecule has 0 atom stereocenters. The molecule has 2 N–H and O–H groups in total. The first-order chi connectivity index (χ1) is 10.2. The largest absolute Gasteiger partial charge is 0.454 e. The number of fused-ring (bicyclic) bond motifs is 1. The highest BCUT2D eigenvalue weighted by atomic mass is 32.1. The lowest BCUT2D eigenvalue weighted by atomic mass is 10.2. The minimum Gasteiger partial charge on any atom is -0.454 e. The number of nitrogens with zero attached hydrogens (tertiary/aromatic N) is 2. The Bertz CT molecular complexity index is 671. The van der Waals surface area contributed by atoms with Crippen molar-refractivity contribution >= 4 is 17.2 Å². The first-order valence-corrected chi connectivity index (χ1v) is 7.34. The van der Waals surface area contributed by atoms with Crippen LogP contribution in [0.1, 0.15) is 21.1 Å². The summed E-state index contributed by atoms with van der Waals surface area (Å²) in [5, 5.41) is 2.50. The van der Waals surface area contributed by atoms with E-state index in [0.29, 0.717) is 24.5 Å². The summed E-state index contributed by atoms with van der Waals surface area (Å²) in [6, 6.07) is 5.66. The number of hydrogen-bond donors (Lipinski definition) is 1. The molecule has 2 heterocycles. The number of benzene rings is 1. The molecule has 1 aliphatic heterocycles. The van der Waals surface area contributed by atoms with E-state index in [4.69, 9.17) is 15.2 Å². The summed E-state index contributed by atoms with van der Waals surface area (Å²) in [4.78, 5) is 18.1. The molecule has 7 heteroatoms. The maximum atomic E-state index is 12.3. The van der Waals surface area contributed by atoms with Crippen LogP contribution < -0.4 is 15.2 Å². The molecule has 2 aromatic rings. The Kier molecular flexibility index (Phi) is 3.76. The van der Waals surface area contributed by atoms with Gasteiger partial charge in [-0.15, -0.1) is 11.3 Å². The van der Waals surface area contributed by atoms with Crippen LogP contribution in [0, 0.1) is 0 Å². The lowest BCUT2D eigenvalue weighted by molar-refractivity contribution is 0.0779. The first kappa shape index (κ1) is 13.8. The highest BCUT2D eigenvalue weighted by Gasteiger charge is 2.18. The number of nitrogens with two attached hydrogens (primary N) is 1. The summed E-state index contributed by atoms with van der Waals surface area (Å²) in [6.07, 6.45) is 0. The van der Waals surface area contributed by atoms with E-state index in [1.54, 1.807) is 17.3 Å². The maximum absolute atomic E-state index is 12.3. The molecule has 1 aromatic heterocycles. The van der Waals surface area contributed by atoms with Crippen molar-refractivity contribution in [3.8, 4) is 11.5 Å². The van der Waals surface area contributed by atoms with Crippen LogP contribution in [0.3, 0.4) is 0 Å². The number of thiazole rings is 1. The normalized spacial score (nSPS) is 12.5. The average molecular weight is 305 g/mol. The number of carbonyl (C=O) groups is 1. The van der Waals surface area contributed by atoms with Crippen molar-refractivity contribution in [1.29, 1.82) is 0 Å². The van der Waals surface area contributed by atoms with E-state index >= 15 is 0 Å². The number of rotatable bonds is 4. The van der Waals surface area contributed by atoms with Crippen molar-refractivity contribution in [2.45, 2.75) is 13.1 Å². The predicted octanol–water partition coefficient (Wildman–Crippen LogP) is 1.60. The molecule has 0 saturated heterocycles. The topological polar surface area (TPSA) is 77.7 Å². The fourth-order valence-corrected chi connectivity index (χ4v) is 2.73. The summed E-state index contributed by atoms with van der Waals surface area (Å²) < 4.78 is 10.6. The second-order valence-electron chi connectivity index (χ2n) is 4.68. The zero-order valence-corrected chi connectivity index (χ0v) is 12.4. The summed E-state index contributed by atoms with van der Waals surface area (Å²) in [7, 11) is 1.74. The van der Waals surface area contributed by atoms with Gasteiger partial charge in [0.25, 0.3) is 5.91 Å². The highest BCUT2D eigenvalue weighted by Crippen LogP contribution is 2.32. The van der Waals surface area contributed by atoms with Crippen molar-refractivity contribution in [3.05, 3.63) is 39.8 Å². The monoisotopic (exact) mass is 305 g/mol. The summed E-state index contributed by atoms with van der Waals surface area (Å²) in [5.74, 6) is 1.33. The van der Waals surface area contributed by atoms with Gasteiger partial charge in [-0.3, -0.25) is 4.79 Å². The van der Waals surface area contributed by atoms with Gasteiger partial charge in [0, 0.05) is 25.5 Å². The van der Waals surface area contributed by atoms with Crippen LogP contribution in [0.2, 0.25) is 0 Å². The van der Waals surface area contributed by atoms with E-state index < -0.39 is 0 Å². The van der Waals surface area contributed by atoms with Gasteiger partial charge in [-0.1, -0.05) is 6.07 Å². The molecule has 6 nitrogen and oxygen atoms in total. The molecule has 0 unspecified atom stereocenters. The fourth-order valence-electron chi connectivity index (χ4n) is 2.08. The van der Waals surface area contributed by atoms with Gasteiger partial charge in [0.05, 0.1) is 0 Å². The molecule has 1 amide bonds. The van der Waals surface area contributed by atoms with E-state index in [-0.39, 0.29) is 12.7 Å². The van der Waals surface area contributed by atoms with Crippen LogP contribution in [0.5, 0.6) is 11.5 Å². The molecule has 1 aliphatic rings. The number of ether oxygens (including phenoxy) is 2. The SMILES string of the molecule is CN(Cc1ccc2c(c1)OCO2)C(=O)c1csc(CN)n1. The number of aromatic nitrogens is 1. The average Bonchev–Trinajstić information content (AvgIpc) is 3.14. The molecule has 3 rings (SSSR count). The van der Waals surface area contributed by atoms with Crippen LogP contribution in [0.15, 0.2) is 23.6 Å². The maximum Gasteiger partial charge on any atom is 0.273 e. The molecule has 110 valence electrons.